The molecule has 1 fully saturated rings. The minimum Gasteiger partial charge on any atom is -0.493 e. The van der Waals surface area contributed by atoms with Gasteiger partial charge in [-0.15, -0.1) is 0 Å². The van der Waals surface area contributed by atoms with Crippen LogP contribution in [0.2, 0.25) is 5.02 Å². The van der Waals surface area contributed by atoms with Crippen molar-refractivity contribution >= 4 is 23.2 Å². The molecule has 0 spiro atoms. The first kappa shape index (κ1) is 25.3. The summed E-state index contributed by atoms with van der Waals surface area (Å²) in [7, 11) is 1.44. The van der Waals surface area contributed by atoms with Crippen LogP contribution < -0.4 is 4.74 Å². The number of aliphatic hydroxyl groups is 1. The third-order valence-electron chi connectivity index (χ3n) is 6.14. The molecule has 3 heterocycles. The van der Waals surface area contributed by atoms with Gasteiger partial charge in [-0.05, 0) is 37.1 Å². The number of hydrogen-bond acceptors (Lipinski definition) is 6. The molecule has 1 aliphatic heterocycles. The molecule has 1 N–H and O–H groups in total. The van der Waals surface area contributed by atoms with Crippen LogP contribution in [0.4, 0.5) is 8.78 Å². The Morgan fingerprint density at radius 2 is 2.17 bits per heavy atom. The fraction of sp³-hybridized carbons (Fsp3) is 0.458. The first-order valence-corrected chi connectivity index (χ1v) is 11.6. The molecule has 0 radical (unpaired) electrons. The summed E-state index contributed by atoms with van der Waals surface area (Å²) in [4.78, 5) is 19.1. The lowest BCUT2D eigenvalue weighted by Crippen LogP contribution is -2.59. The van der Waals surface area contributed by atoms with E-state index >= 15 is 0 Å². The van der Waals surface area contributed by atoms with Crippen molar-refractivity contribution in [3.8, 4) is 5.75 Å². The van der Waals surface area contributed by atoms with E-state index in [-0.39, 0.29) is 31.7 Å². The monoisotopic (exact) mass is 508 g/mol. The lowest BCUT2D eigenvalue weighted by Gasteiger charge is -2.44. The number of methoxy groups -OCH3 is 1. The molecule has 1 aromatic carbocycles. The number of fused-ring (bicyclic) bond motifs is 1. The van der Waals surface area contributed by atoms with Gasteiger partial charge < -0.3 is 19.5 Å². The zero-order chi connectivity index (χ0) is 25.2. The predicted octanol–water partition coefficient (Wildman–Crippen LogP) is 3.42. The zero-order valence-corrected chi connectivity index (χ0v) is 20.2. The number of halogens is 3. The molecule has 188 valence electrons. The summed E-state index contributed by atoms with van der Waals surface area (Å²) in [5.41, 5.74) is 0.669. The van der Waals surface area contributed by atoms with Crippen LogP contribution in [-0.2, 0) is 17.6 Å². The summed E-state index contributed by atoms with van der Waals surface area (Å²) in [6.45, 7) is 1.10. The number of carbonyl (C=O) groups is 1. The van der Waals surface area contributed by atoms with Crippen molar-refractivity contribution in [1.82, 2.24) is 19.5 Å². The van der Waals surface area contributed by atoms with Gasteiger partial charge in [0.05, 0.1) is 31.4 Å². The van der Waals surface area contributed by atoms with Gasteiger partial charge in [0.25, 0.3) is 12.3 Å². The highest BCUT2D eigenvalue weighted by Gasteiger charge is 2.43. The van der Waals surface area contributed by atoms with Crippen molar-refractivity contribution in [2.75, 3.05) is 26.9 Å². The molecule has 0 aliphatic carbocycles. The second kappa shape index (κ2) is 10.4. The van der Waals surface area contributed by atoms with Gasteiger partial charge in [-0.25, -0.2) is 18.3 Å². The van der Waals surface area contributed by atoms with Crippen molar-refractivity contribution in [1.29, 1.82) is 0 Å². The lowest BCUT2D eigenvalue weighted by atomic mass is 9.97. The number of rotatable bonds is 8. The Labute approximate surface area is 206 Å². The van der Waals surface area contributed by atoms with E-state index in [1.165, 1.54) is 23.9 Å². The van der Waals surface area contributed by atoms with Gasteiger partial charge in [-0.1, -0.05) is 23.7 Å². The summed E-state index contributed by atoms with van der Waals surface area (Å²) >= 11 is 6.05. The number of amides is 1. The number of ether oxygens (including phenoxy) is 2. The number of aliphatic hydroxyl groups excluding tert-OH is 1. The Bertz CT molecular complexity index is 1210. The van der Waals surface area contributed by atoms with Crippen LogP contribution in [0, 0.1) is 0 Å². The molecule has 35 heavy (non-hydrogen) atoms. The van der Waals surface area contributed by atoms with Gasteiger partial charge in [-0.3, -0.25) is 4.79 Å². The normalized spacial score (nSPS) is 20.5. The van der Waals surface area contributed by atoms with E-state index < -0.39 is 24.0 Å². The third kappa shape index (κ3) is 5.55. The molecule has 1 amide bonds. The van der Waals surface area contributed by atoms with Gasteiger partial charge in [0.1, 0.15) is 6.04 Å². The van der Waals surface area contributed by atoms with Crippen LogP contribution >= 0.6 is 11.6 Å². The molecule has 4 rings (SSSR count). The van der Waals surface area contributed by atoms with Gasteiger partial charge in [0.2, 0.25) is 0 Å². The zero-order valence-electron chi connectivity index (χ0n) is 19.5. The number of alkyl halides is 2. The van der Waals surface area contributed by atoms with Crippen molar-refractivity contribution in [2.24, 2.45) is 0 Å². The number of benzene rings is 1. The maximum Gasteiger partial charge on any atom is 0.260 e. The Balaban J connectivity index is 1.62. The summed E-state index contributed by atoms with van der Waals surface area (Å²) in [6.07, 6.45) is 0.0997. The van der Waals surface area contributed by atoms with Gasteiger partial charge in [0.15, 0.2) is 17.2 Å². The van der Waals surface area contributed by atoms with E-state index in [0.717, 1.165) is 10.5 Å². The van der Waals surface area contributed by atoms with E-state index in [1.54, 1.807) is 13.0 Å². The Kier molecular flexibility index (Phi) is 7.53. The molecule has 2 aromatic heterocycles. The fourth-order valence-electron chi connectivity index (χ4n) is 4.21. The van der Waals surface area contributed by atoms with Crippen LogP contribution in [0.3, 0.4) is 0 Å². The second-order valence-electron chi connectivity index (χ2n) is 8.79. The average molecular weight is 509 g/mol. The summed E-state index contributed by atoms with van der Waals surface area (Å²) < 4.78 is 40.0. The molecule has 0 saturated carbocycles. The number of pyridine rings is 1. The van der Waals surface area contributed by atoms with Crippen LogP contribution in [-0.4, -0.2) is 75.4 Å². The molecule has 8 nitrogen and oxygen atoms in total. The minimum atomic E-state index is -2.78. The average Bonchev–Trinajstić information content (AvgIpc) is 3.24. The first-order chi connectivity index (χ1) is 16.7. The highest BCUT2D eigenvalue weighted by atomic mass is 35.5. The molecule has 1 aliphatic rings. The third-order valence-corrected chi connectivity index (χ3v) is 6.37. The van der Waals surface area contributed by atoms with Crippen LogP contribution in [0.1, 0.15) is 35.1 Å². The maximum atomic E-state index is 13.8. The molecule has 1 saturated heterocycles. The van der Waals surface area contributed by atoms with Crippen molar-refractivity contribution in [3.63, 3.8) is 0 Å². The number of aromatic nitrogens is 3. The topological polar surface area (TPSA) is 89.2 Å². The quantitative estimate of drug-likeness (QED) is 0.501. The van der Waals surface area contributed by atoms with Crippen LogP contribution in [0.15, 0.2) is 36.5 Å². The summed E-state index contributed by atoms with van der Waals surface area (Å²) in [5.74, 6) is 0.247. The van der Waals surface area contributed by atoms with Gasteiger partial charge in [-0.2, -0.15) is 5.10 Å². The van der Waals surface area contributed by atoms with Crippen molar-refractivity contribution in [2.45, 2.75) is 44.3 Å². The van der Waals surface area contributed by atoms with E-state index in [4.69, 9.17) is 21.1 Å². The standard InChI is InChI=1S/C24H27ClF2N4O4/c1-24(8-9-32)14-30(18(13-35-24)21(26)27)23(33)16-11-19(34-2)22-28-20(29-31(22)12-16)7-6-15-4-3-5-17(25)10-15/h3-5,10-12,18,21,32H,6-9,13-14H2,1-2H3. The number of carbonyl (C=O) groups excluding carboxylic acids is 1. The van der Waals surface area contributed by atoms with E-state index in [2.05, 4.69) is 10.1 Å². The van der Waals surface area contributed by atoms with E-state index in [9.17, 15) is 18.7 Å². The second-order valence-corrected chi connectivity index (χ2v) is 9.23. The molecule has 0 bridgehead atoms. The van der Waals surface area contributed by atoms with Gasteiger partial charge >= 0.3 is 0 Å². The van der Waals surface area contributed by atoms with Crippen molar-refractivity contribution < 1.29 is 28.2 Å². The van der Waals surface area contributed by atoms with Crippen LogP contribution in [0.5, 0.6) is 5.75 Å². The van der Waals surface area contributed by atoms with Crippen molar-refractivity contribution in [3.05, 3.63) is 58.5 Å². The molecule has 2 atom stereocenters. The molecular formula is C24H27ClF2N4O4. The number of morpholine rings is 1. The molecule has 3 aromatic rings. The first-order valence-electron chi connectivity index (χ1n) is 11.2. The molecule has 11 heteroatoms. The minimum absolute atomic E-state index is 0.0794. The number of nitrogens with zero attached hydrogens (tertiary/aromatic N) is 4. The highest BCUT2D eigenvalue weighted by molar-refractivity contribution is 6.30. The summed E-state index contributed by atoms with van der Waals surface area (Å²) in [5, 5.41) is 14.5. The Hall–Kier alpha value is -2.82. The molecule has 2 unspecified atom stereocenters. The number of hydrogen-bond donors (Lipinski definition) is 1. The predicted molar refractivity (Wildman–Crippen MR) is 125 cm³/mol. The van der Waals surface area contributed by atoms with Crippen LogP contribution in [0.25, 0.3) is 5.65 Å². The fourth-order valence-corrected chi connectivity index (χ4v) is 4.42. The summed E-state index contributed by atoms with van der Waals surface area (Å²) in [6, 6.07) is 7.59. The maximum absolute atomic E-state index is 13.8. The van der Waals surface area contributed by atoms with E-state index in [0.29, 0.717) is 35.1 Å². The SMILES string of the molecule is COc1cc(C(=O)N2CC(C)(CCO)OCC2C(F)F)cn2nc(CCc3cccc(Cl)c3)nc12. The smallest absolute Gasteiger partial charge is 0.260 e. The lowest BCUT2D eigenvalue weighted by molar-refractivity contribution is -0.146. The number of aryl methyl sites for hydroxylation is 2. The Morgan fingerprint density at radius 3 is 2.86 bits per heavy atom. The van der Waals surface area contributed by atoms with Gasteiger partial charge in [0, 0.05) is 30.7 Å². The largest absolute Gasteiger partial charge is 0.493 e. The van der Waals surface area contributed by atoms with E-state index in [1.807, 2.05) is 18.2 Å². The molecular weight excluding hydrogens is 482 g/mol. The Morgan fingerprint density at radius 1 is 1.37 bits per heavy atom. The highest BCUT2D eigenvalue weighted by Crippen LogP contribution is 2.30.